The van der Waals surface area contributed by atoms with Crippen LogP contribution in [-0.4, -0.2) is 23.9 Å². The van der Waals surface area contributed by atoms with Crippen molar-refractivity contribution in [2.45, 2.75) is 12.8 Å². The summed E-state index contributed by atoms with van der Waals surface area (Å²) in [5.74, 6) is -0.366. The van der Waals surface area contributed by atoms with Gasteiger partial charge in [-0.15, -0.1) is 0 Å². The SMILES string of the molecule is N#Cc1ccc([N+](=O)[O-])c(N2CCCC(C(=O)Nc3ccccc3)C2)c1. The Morgan fingerprint density at radius 2 is 2.04 bits per heavy atom. The van der Waals surface area contributed by atoms with Crippen LogP contribution in [0.5, 0.6) is 0 Å². The van der Waals surface area contributed by atoms with Crippen molar-refractivity contribution in [3.05, 3.63) is 64.2 Å². The first-order valence-electron chi connectivity index (χ1n) is 8.38. The van der Waals surface area contributed by atoms with Crippen LogP contribution in [0.15, 0.2) is 48.5 Å². The molecule has 26 heavy (non-hydrogen) atoms. The van der Waals surface area contributed by atoms with Gasteiger partial charge in [0.25, 0.3) is 5.69 Å². The third kappa shape index (κ3) is 3.81. The highest BCUT2D eigenvalue weighted by atomic mass is 16.6. The molecule has 1 fully saturated rings. The van der Waals surface area contributed by atoms with Gasteiger partial charge in [-0.3, -0.25) is 14.9 Å². The fraction of sp³-hybridized carbons (Fsp3) is 0.263. The molecule has 3 rings (SSSR count). The lowest BCUT2D eigenvalue weighted by molar-refractivity contribution is -0.384. The highest BCUT2D eigenvalue weighted by Crippen LogP contribution is 2.32. The summed E-state index contributed by atoms with van der Waals surface area (Å²) in [6.45, 7) is 0.999. The van der Waals surface area contributed by atoms with Crippen molar-refractivity contribution >= 4 is 23.0 Å². The molecule has 0 saturated carbocycles. The maximum atomic E-state index is 12.6. The highest BCUT2D eigenvalue weighted by molar-refractivity contribution is 5.93. The Morgan fingerprint density at radius 1 is 1.27 bits per heavy atom. The number of para-hydroxylation sites is 1. The molecule has 2 aromatic carbocycles. The fourth-order valence-corrected chi connectivity index (χ4v) is 3.18. The molecule has 1 aliphatic rings. The molecule has 0 radical (unpaired) electrons. The van der Waals surface area contributed by atoms with E-state index in [1.165, 1.54) is 18.2 Å². The molecule has 0 aliphatic carbocycles. The zero-order valence-corrected chi connectivity index (χ0v) is 14.1. The fourth-order valence-electron chi connectivity index (χ4n) is 3.18. The summed E-state index contributed by atoms with van der Waals surface area (Å²) in [5.41, 5.74) is 1.44. The predicted octanol–water partition coefficient (Wildman–Crippen LogP) is 3.32. The van der Waals surface area contributed by atoms with E-state index in [1.54, 1.807) is 0 Å². The lowest BCUT2D eigenvalue weighted by Gasteiger charge is -2.33. The van der Waals surface area contributed by atoms with Crippen LogP contribution in [0.1, 0.15) is 18.4 Å². The van der Waals surface area contributed by atoms with Crippen molar-refractivity contribution in [3.8, 4) is 6.07 Å². The van der Waals surface area contributed by atoms with Crippen molar-refractivity contribution in [2.24, 2.45) is 5.92 Å². The molecule has 1 unspecified atom stereocenters. The van der Waals surface area contributed by atoms with E-state index in [0.717, 1.165) is 18.5 Å². The highest BCUT2D eigenvalue weighted by Gasteiger charge is 2.29. The number of nitrogens with zero attached hydrogens (tertiary/aromatic N) is 3. The number of nitrogens with one attached hydrogen (secondary N) is 1. The number of carbonyl (C=O) groups excluding carboxylic acids is 1. The number of piperidine rings is 1. The minimum atomic E-state index is -0.454. The van der Waals surface area contributed by atoms with Crippen LogP contribution >= 0.6 is 0 Å². The minimum absolute atomic E-state index is 0.0480. The second-order valence-electron chi connectivity index (χ2n) is 6.21. The summed E-state index contributed by atoms with van der Waals surface area (Å²) < 4.78 is 0. The largest absolute Gasteiger partial charge is 0.365 e. The van der Waals surface area contributed by atoms with Crippen LogP contribution in [0.2, 0.25) is 0 Å². The summed E-state index contributed by atoms with van der Waals surface area (Å²) in [6.07, 6.45) is 1.47. The average molecular weight is 350 g/mol. The zero-order chi connectivity index (χ0) is 18.5. The quantitative estimate of drug-likeness (QED) is 0.673. The number of nitriles is 1. The Kier molecular flexibility index (Phi) is 5.13. The number of benzene rings is 2. The third-order valence-corrected chi connectivity index (χ3v) is 4.48. The van der Waals surface area contributed by atoms with E-state index >= 15 is 0 Å². The van der Waals surface area contributed by atoms with E-state index < -0.39 is 4.92 Å². The van der Waals surface area contributed by atoms with E-state index in [0.29, 0.717) is 24.3 Å². The van der Waals surface area contributed by atoms with Gasteiger partial charge >= 0.3 is 0 Å². The number of nitro benzene ring substituents is 1. The average Bonchev–Trinajstić information content (AvgIpc) is 2.68. The number of hydrogen-bond acceptors (Lipinski definition) is 5. The molecule has 1 N–H and O–H groups in total. The maximum absolute atomic E-state index is 12.6. The smallest absolute Gasteiger partial charge is 0.292 e. The minimum Gasteiger partial charge on any atom is -0.365 e. The van der Waals surface area contributed by atoms with Crippen molar-refractivity contribution < 1.29 is 9.72 Å². The summed E-state index contributed by atoms with van der Waals surface area (Å²) in [6, 6.07) is 15.5. The number of carbonyl (C=O) groups is 1. The summed E-state index contributed by atoms with van der Waals surface area (Å²) >= 11 is 0. The molecule has 1 aliphatic heterocycles. The first kappa shape index (κ1) is 17.4. The second kappa shape index (κ2) is 7.66. The number of anilines is 2. The van der Waals surface area contributed by atoms with Gasteiger partial charge in [0.15, 0.2) is 0 Å². The van der Waals surface area contributed by atoms with Crippen LogP contribution in [-0.2, 0) is 4.79 Å². The van der Waals surface area contributed by atoms with Gasteiger partial charge < -0.3 is 10.2 Å². The van der Waals surface area contributed by atoms with Gasteiger partial charge in [0, 0.05) is 24.8 Å². The standard InChI is InChI=1S/C19H18N4O3/c20-12-14-8-9-17(23(25)26)18(11-14)22-10-4-5-15(13-22)19(24)21-16-6-2-1-3-7-16/h1-3,6-9,11,15H,4-5,10,13H2,(H,21,24). The number of hydrogen-bond donors (Lipinski definition) is 1. The van der Waals surface area contributed by atoms with E-state index in [9.17, 15) is 14.9 Å². The Morgan fingerprint density at radius 3 is 2.73 bits per heavy atom. The molecule has 1 amide bonds. The molecule has 0 aromatic heterocycles. The van der Waals surface area contributed by atoms with E-state index in [4.69, 9.17) is 5.26 Å². The Balaban J connectivity index is 1.79. The van der Waals surface area contributed by atoms with E-state index in [2.05, 4.69) is 5.32 Å². The number of amides is 1. The van der Waals surface area contributed by atoms with Gasteiger partial charge in [0.05, 0.1) is 22.5 Å². The molecule has 1 saturated heterocycles. The van der Waals surface area contributed by atoms with Gasteiger partial charge in [-0.05, 0) is 37.1 Å². The lowest BCUT2D eigenvalue weighted by Crippen LogP contribution is -2.41. The molecule has 2 aromatic rings. The number of nitro groups is 1. The van der Waals surface area contributed by atoms with Crippen LogP contribution < -0.4 is 10.2 Å². The normalized spacial score (nSPS) is 16.6. The lowest BCUT2D eigenvalue weighted by atomic mass is 9.96. The van der Waals surface area contributed by atoms with Crippen LogP contribution in [0.25, 0.3) is 0 Å². The third-order valence-electron chi connectivity index (χ3n) is 4.48. The summed E-state index contributed by atoms with van der Waals surface area (Å²) in [7, 11) is 0. The molecule has 7 heteroatoms. The first-order valence-corrected chi connectivity index (χ1v) is 8.38. The predicted molar refractivity (Wildman–Crippen MR) is 97.8 cm³/mol. The molecular weight excluding hydrogens is 332 g/mol. The molecular formula is C19H18N4O3. The Hall–Kier alpha value is -3.40. The molecule has 1 atom stereocenters. The van der Waals surface area contributed by atoms with Gasteiger partial charge in [0.2, 0.25) is 5.91 Å². The zero-order valence-electron chi connectivity index (χ0n) is 14.1. The molecule has 132 valence electrons. The second-order valence-corrected chi connectivity index (χ2v) is 6.21. The molecule has 0 bridgehead atoms. The van der Waals surface area contributed by atoms with E-state index in [1.807, 2.05) is 41.3 Å². The van der Waals surface area contributed by atoms with Gasteiger partial charge in [-0.25, -0.2) is 0 Å². The van der Waals surface area contributed by atoms with Crippen molar-refractivity contribution in [2.75, 3.05) is 23.3 Å². The first-order chi connectivity index (χ1) is 12.6. The maximum Gasteiger partial charge on any atom is 0.292 e. The Bertz CT molecular complexity index is 861. The van der Waals surface area contributed by atoms with Crippen molar-refractivity contribution in [1.29, 1.82) is 5.26 Å². The van der Waals surface area contributed by atoms with Crippen LogP contribution in [0, 0.1) is 27.4 Å². The van der Waals surface area contributed by atoms with Crippen LogP contribution in [0.4, 0.5) is 17.1 Å². The molecule has 7 nitrogen and oxygen atoms in total. The molecule has 0 spiro atoms. The summed E-state index contributed by atoms with van der Waals surface area (Å²) in [4.78, 5) is 25.3. The monoisotopic (exact) mass is 350 g/mol. The topological polar surface area (TPSA) is 99.3 Å². The Labute approximate surface area is 151 Å². The molecule has 1 heterocycles. The summed E-state index contributed by atoms with van der Waals surface area (Å²) in [5, 5.41) is 23.3. The van der Waals surface area contributed by atoms with Gasteiger partial charge in [-0.1, -0.05) is 18.2 Å². The van der Waals surface area contributed by atoms with Crippen LogP contribution in [0.3, 0.4) is 0 Å². The van der Waals surface area contributed by atoms with E-state index in [-0.39, 0.29) is 17.5 Å². The van der Waals surface area contributed by atoms with Gasteiger partial charge in [0.1, 0.15) is 5.69 Å². The van der Waals surface area contributed by atoms with Crippen molar-refractivity contribution in [3.63, 3.8) is 0 Å². The van der Waals surface area contributed by atoms with Crippen molar-refractivity contribution in [1.82, 2.24) is 0 Å². The van der Waals surface area contributed by atoms with Gasteiger partial charge in [-0.2, -0.15) is 5.26 Å². The number of rotatable bonds is 4.